The molecule has 152 valence electrons. The lowest BCUT2D eigenvalue weighted by atomic mass is 10.1. The van der Waals surface area contributed by atoms with Crippen LogP contribution in [0.15, 0.2) is 18.3 Å². The lowest BCUT2D eigenvalue weighted by Gasteiger charge is -2.26. The Bertz CT molecular complexity index is 828. The van der Waals surface area contributed by atoms with Gasteiger partial charge in [0, 0.05) is 31.9 Å². The molecule has 1 amide bonds. The van der Waals surface area contributed by atoms with Crippen molar-refractivity contribution >= 4 is 11.6 Å². The average Bonchev–Trinajstić information content (AvgIpc) is 3.30. The molecule has 2 saturated heterocycles. The van der Waals surface area contributed by atoms with Crippen LogP contribution in [0.3, 0.4) is 0 Å². The van der Waals surface area contributed by atoms with Gasteiger partial charge in [-0.1, -0.05) is 6.07 Å². The Morgan fingerprint density at radius 1 is 1.32 bits per heavy atom. The molecular formula is C21H31N5O2. The van der Waals surface area contributed by atoms with E-state index in [1.807, 2.05) is 30.2 Å². The largest absolute Gasteiger partial charge is 0.378 e. The number of nitrogens with one attached hydrogen (secondary N) is 1. The summed E-state index contributed by atoms with van der Waals surface area (Å²) in [6, 6.07) is 4.73. The smallest absolute Gasteiger partial charge is 0.274 e. The summed E-state index contributed by atoms with van der Waals surface area (Å²) in [7, 11) is 2.21. The number of nitrogens with zero attached hydrogens (tertiary/aromatic N) is 4. The van der Waals surface area contributed by atoms with E-state index in [1.54, 1.807) is 0 Å². The summed E-state index contributed by atoms with van der Waals surface area (Å²) in [6.07, 6.45) is 5.73. The molecule has 28 heavy (non-hydrogen) atoms. The van der Waals surface area contributed by atoms with Gasteiger partial charge in [-0.2, -0.15) is 0 Å². The summed E-state index contributed by atoms with van der Waals surface area (Å²) < 4.78 is 7.46. The van der Waals surface area contributed by atoms with Crippen molar-refractivity contribution in [2.45, 2.75) is 38.8 Å². The zero-order chi connectivity index (χ0) is 19.5. The van der Waals surface area contributed by atoms with Gasteiger partial charge >= 0.3 is 0 Å². The van der Waals surface area contributed by atoms with Crippen LogP contribution in [0.5, 0.6) is 0 Å². The number of aromatic nitrogens is 2. The molecule has 0 aromatic carbocycles. The molecule has 4 heterocycles. The van der Waals surface area contributed by atoms with Gasteiger partial charge in [0.2, 0.25) is 0 Å². The zero-order valence-electron chi connectivity index (χ0n) is 17.0. The lowest BCUT2D eigenvalue weighted by molar-refractivity contribution is 0.0298. The van der Waals surface area contributed by atoms with E-state index >= 15 is 0 Å². The fraction of sp³-hybridized carbons (Fsp3) is 0.619. The maximum absolute atomic E-state index is 13.1. The predicted molar refractivity (Wildman–Crippen MR) is 109 cm³/mol. The van der Waals surface area contributed by atoms with E-state index in [-0.39, 0.29) is 5.91 Å². The van der Waals surface area contributed by atoms with Gasteiger partial charge in [-0.15, -0.1) is 0 Å². The van der Waals surface area contributed by atoms with Crippen molar-refractivity contribution in [1.29, 1.82) is 0 Å². The van der Waals surface area contributed by atoms with Crippen molar-refractivity contribution in [3.05, 3.63) is 35.3 Å². The third-order valence-corrected chi connectivity index (χ3v) is 6.06. The number of hydrogen-bond acceptors (Lipinski definition) is 5. The second kappa shape index (κ2) is 8.59. The second-order valence-corrected chi connectivity index (χ2v) is 7.94. The van der Waals surface area contributed by atoms with Crippen LogP contribution in [-0.4, -0.2) is 77.6 Å². The molecule has 0 spiro atoms. The van der Waals surface area contributed by atoms with Gasteiger partial charge in [0.05, 0.1) is 18.9 Å². The van der Waals surface area contributed by atoms with E-state index < -0.39 is 0 Å². The van der Waals surface area contributed by atoms with Crippen molar-refractivity contribution in [3.63, 3.8) is 0 Å². The maximum Gasteiger partial charge on any atom is 0.274 e. The topological polar surface area (TPSA) is 62.1 Å². The standard InChI is InChI=1S/C21H31N5O2/c1-16-5-3-10-26-18(15-22-8-7-17-6-4-9-24(17)2)19(23-20(16)26)21(27)25-11-13-28-14-12-25/h3,5,10,17,22H,4,6-9,11-15H2,1-2H3/t17-/m1/s1. The van der Waals surface area contributed by atoms with Crippen molar-refractivity contribution in [2.75, 3.05) is 46.4 Å². The van der Waals surface area contributed by atoms with Crippen LogP contribution in [0.1, 0.15) is 41.0 Å². The molecule has 2 aliphatic heterocycles. The molecule has 1 atom stereocenters. The Balaban J connectivity index is 1.51. The van der Waals surface area contributed by atoms with Crippen molar-refractivity contribution < 1.29 is 9.53 Å². The number of imidazole rings is 1. The highest BCUT2D eigenvalue weighted by Crippen LogP contribution is 2.19. The molecule has 0 bridgehead atoms. The van der Waals surface area contributed by atoms with Crippen LogP contribution < -0.4 is 5.32 Å². The summed E-state index contributed by atoms with van der Waals surface area (Å²) in [5.74, 6) is 0.0127. The first-order valence-corrected chi connectivity index (χ1v) is 10.4. The molecule has 2 fully saturated rings. The van der Waals surface area contributed by atoms with E-state index in [9.17, 15) is 4.79 Å². The lowest BCUT2D eigenvalue weighted by Crippen LogP contribution is -2.41. The minimum Gasteiger partial charge on any atom is -0.378 e. The molecule has 2 aromatic rings. The molecule has 0 saturated carbocycles. The first kappa shape index (κ1) is 19.4. The van der Waals surface area contributed by atoms with Crippen LogP contribution in [0.2, 0.25) is 0 Å². The Kier molecular flexibility index (Phi) is 5.94. The highest BCUT2D eigenvalue weighted by atomic mass is 16.5. The number of rotatable bonds is 6. The minimum atomic E-state index is 0.0127. The Labute approximate surface area is 166 Å². The second-order valence-electron chi connectivity index (χ2n) is 7.94. The molecular weight excluding hydrogens is 354 g/mol. The highest BCUT2D eigenvalue weighted by Gasteiger charge is 2.26. The van der Waals surface area contributed by atoms with E-state index in [1.165, 1.54) is 19.4 Å². The summed E-state index contributed by atoms with van der Waals surface area (Å²) in [5.41, 5.74) is 3.47. The molecule has 0 radical (unpaired) electrons. The van der Waals surface area contributed by atoms with Gasteiger partial charge in [-0.05, 0) is 58.0 Å². The number of hydrogen-bond donors (Lipinski definition) is 1. The first-order valence-electron chi connectivity index (χ1n) is 10.4. The Morgan fingerprint density at radius 3 is 2.89 bits per heavy atom. The monoisotopic (exact) mass is 385 g/mol. The number of aryl methyl sites for hydroxylation is 1. The number of fused-ring (bicyclic) bond motifs is 1. The van der Waals surface area contributed by atoms with Gasteiger partial charge in [-0.25, -0.2) is 4.98 Å². The van der Waals surface area contributed by atoms with Crippen LogP contribution in [0.25, 0.3) is 5.65 Å². The van der Waals surface area contributed by atoms with Crippen molar-refractivity contribution in [1.82, 2.24) is 24.5 Å². The number of carbonyl (C=O) groups is 1. The summed E-state index contributed by atoms with van der Waals surface area (Å²) in [6.45, 7) is 7.29. The zero-order valence-corrected chi connectivity index (χ0v) is 17.0. The van der Waals surface area contributed by atoms with Gasteiger partial charge < -0.3 is 24.3 Å². The molecule has 0 unspecified atom stereocenters. The summed E-state index contributed by atoms with van der Waals surface area (Å²) in [5, 5.41) is 3.56. The van der Waals surface area contributed by atoms with E-state index in [2.05, 4.69) is 21.7 Å². The van der Waals surface area contributed by atoms with Crippen molar-refractivity contribution in [3.8, 4) is 0 Å². The van der Waals surface area contributed by atoms with E-state index in [4.69, 9.17) is 9.72 Å². The molecule has 7 nitrogen and oxygen atoms in total. The fourth-order valence-corrected chi connectivity index (χ4v) is 4.33. The molecule has 2 aromatic heterocycles. The number of amides is 1. The molecule has 4 rings (SSSR count). The van der Waals surface area contributed by atoms with Crippen LogP contribution in [-0.2, 0) is 11.3 Å². The number of ether oxygens (including phenoxy) is 1. The van der Waals surface area contributed by atoms with Crippen LogP contribution >= 0.6 is 0 Å². The molecule has 1 N–H and O–H groups in total. The number of carbonyl (C=O) groups excluding carboxylic acids is 1. The van der Waals surface area contributed by atoms with Gasteiger partial charge in [0.1, 0.15) is 5.65 Å². The summed E-state index contributed by atoms with van der Waals surface area (Å²) in [4.78, 5) is 22.2. The van der Waals surface area contributed by atoms with Gasteiger partial charge in [-0.3, -0.25) is 4.79 Å². The summed E-state index contributed by atoms with van der Waals surface area (Å²) >= 11 is 0. The average molecular weight is 386 g/mol. The Hall–Kier alpha value is -1.96. The normalized spacial score (nSPS) is 20.9. The first-order chi connectivity index (χ1) is 13.6. The number of morpholine rings is 1. The van der Waals surface area contributed by atoms with Crippen LogP contribution in [0, 0.1) is 6.92 Å². The van der Waals surface area contributed by atoms with E-state index in [0.717, 1.165) is 29.9 Å². The third-order valence-electron chi connectivity index (χ3n) is 6.06. The molecule has 2 aliphatic rings. The van der Waals surface area contributed by atoms with Crippen molar-refractivity contribution in [2.24, 2.45) is 0 Å². The third kappa shape index (κ3) is 3.92. The van der Waals surface area contributed by atoms with Gasteiger partial charge in [0.25, 0.3) is 5.91 Å². The quantitative estimate of drug-likeness (QED) is 0.767. The van der Waals surface area contributed by atoms with Gasteiger partial charge in [0.15, 0.2) is 5.69 Å². The highest BCUT2D eigenvalue weighted by molar-refractivity contribution is 5.94. The minimum absolute atomic E-state index is 0.0127. The maximum atomic E-state index is 13.1. The number of pyridine rings is 1. The SMILES string of the molecule is Cc1cccn2c(CNCC[C@H]3CCCN3C)c(C(=O)N3CCOCC3)nc12. The van der Waals surface area contributed by atoms with E-state index in [0.29, 0.717) is 44.6 Å². The fourth-order valence-electron chi connectivity index (χ4n) is 4.33. The molecule has 7 heteroatoms. The Morgan fingerprint density at radius 2 is 2.14 bits per heavy atom. The number of likely N-dealkylation sites (tertiary alicyclic amines) is 1. The predicted octanol–water partition coefficient (Wildman–Crippen LogP) is 1.69. The van der Waals surface area contributed by atoms with Crippen LogP contribution in [0.4, 0.5) is 0 Å². The molecule has 0 aliphatic carbocycles.